The number of nitrogens with zero attached hydrogens (tertiary/aromatic N) is 1. The van der Waals surface area contributed by atoms with Crippen LogP contribution >= 0.6 is 0 Å². The van der Waals surface area contributed by atoms with Crippen molar-refractivity contribution in [3.05, 3.63) is 35.4 Å². The first-order chi connectivity index (χ1) is 10.8. The van der Waals surface area contributed by atoms with Crippen LogP contribution in [0.5, 0.6) is 0 Å². The molecule has 136 valence electrons. The summed E-state index contributed by atoms with van der Waals surface area (Å²) in [7, 11) is 4.44. The van der Waals surface area contributed by atoms with E-state index in [4.69, 9.17) is 0 Å². The molecule has 4 heteroatoms. The highest BCUT2D eigenvalue weighted by Gasteiger charge is 2.33. The van der Waals surface area contributed by atoms with E-state index in [0.717, 1.165) is 29.4 Å². The summed E-state index contributed by atoms with van der Waals surface area (Å²) in [4.78, 5) is 12.6. The van der Waals surface area contributed by atoms with E-state index >= 15 is 0 Å². The third-order valence-electron chi connectivity index (χ3n) is 5.13. The molecular formula is C20H33IN2O. The number of piperidine rings is 1. The standard InChI is InChI=1S/C20H32N2O.HI/c1-15(2)14-17-9-11-18(12-10-17)16(3)20(23)21-19-8-6-7-13-22(19,4)5;/h9-12,15-16,19H,6-8,13-14H2,1-5H3;1H/t16-,19-;/m1./s1. The van der Waals surface area contributed by atoms with Gasteiger partial charge in [0.25, 0.3) is 0 Å². The Hall–Kier alpha value is -0.620. The van der Waals surface area contributed by atoms with Gasteiger partial charge in [-0.05, 0) is 43.2 Å². The number of hydrogen-bond donors (Lipinski definition) is 1. The molecule has 1 fully saturated rings. The van der Waals surface area contributed by atoms with Crippen LogP contribution < -0.4 is 29.3 Å². The smallest absolute Gasteiger partial charge is 0.231 e. The van der Waals surface area contributed by atoms with Gasteiger partial charge < -0.3 is 33.8 Å². The van der Waals surface area contributed by atoms with Crippen LogP contribution in [-0.4, -0.2) is 37.2 Å². The molecule has 1 saturated heterocycles. The van der Waals surface area contributed by atoms with Gasteiger partial charge in [0, 0.05) is 6.42 Å². The van der Waals surface area contributed by atoms with E-state index in [2.05, 4.69) is 57.5 Å². The van der Waals surface area contributed by atoms with Crippen molar-refractivity contribution in [1.82, 2.24) is 5.32 Å². The monoisotopic (exact) mass is 444 g/mol. The molecule has 0 bridgehead atoms. The SMILES string of the molecule is CC(C)Cc1ccc([C@@H](C)C(=O)N[C@H]2CCCC[N+]2(C)C)cc1.[I-]. The van der Waals surface area contributed by atoms with Gasteiger partial charge in [-0.15, -0.1) is 0 Å². The van der Waals surface area contributed by atoms with Crippen molar-refractivity contribution >= 4 is 5.91 Å². The van der Waals surface area contributed by atoms with Gasteiger partial charge in [0.2, 0.25) is 5.91 Å². The van der Waals surface area contributed by atoms with Gasteiger partial charge >= 0.3 is 0 Å². The minimum Gasteiger partial charge on any atom is -1.00 e. The number of hydrogen-bond acceptors (Lipinski definition) is 1. The summed E-state index contributed by atoms with van der Waals surface area (Å²) in [6.07, 6.45) is 4.89. The number of likely N-dealkylation sites (tertiary alicyclic amines) is 1. The molecule has 0 saturated carbocycles. The van der Waals surface area contributed by atoms with Gasteiger partial charge in [-0.1, -0.05) is 38.1 Å². The largest absolute Gasteiger partial charge is 1.00 e. The van der Waals surface area contributed by atoms with E-state index in [-0.39, 0.29) is 42.0 Å². The van der Waals surface area contributed by atoms with Crippen LogP contribution in [0.15, 0.2) is 24.3 Å². The van der Waals surface area contributed by atoms with E-state index in [0.29, 0.717) is 5.92 Å². The molecular weight excluding hydrogens is 411 g/mol. The van der Waals surface area contributed by atoms with Gasteiger partial charge in [-0.2, -0.15) is 0 Å². The van der Waals surface area contributed by atoms with E-state index in [1.54, 1.807) is 0 Å². The van der Waals surface area contributed by atoms with Crippen LogP contribution in [-0.2, 0) is 11.2 Å². The Balaban J connectivity index is 0.00000288. The lowest BCUT2D eigenvalue weighted by Crippen LogP contribution is -3.00. The zero-order valence-corrected chi connectivity index (χ0v) is 18.0. The van der Waals surface area contributed by atoms with Crippen LogP contribution in [0, 0.1) is 5.92 Å². The van der Waals surface area contributed by atoms with E-state index in [9.17, 15) is 4.79 Å². The lowest BCUT2D eigenvalue weighted by Gasteiger charge is -2.41. The lowest BCUT2D eigenvalue weighted by atomic mass is 9.96. The maximum absolute atomic E-state index is 12.6. The van der Waals surface area contributed by atoms with E-state index in [1.807, 2.05) is 6.92 Å². The number of carbonyl (C=O) groups excluding carboxylic acids is 1. The Labute approximate surface area is 164 Å². The molecule has 3 nitrogen and oxygen atoms in total. The minimum absolute atomic E-state index is 0. The highest BCUT2D eigenvalue weighted by molar-refractivity contribution is 5.83. The van der Waals surface area contributed by atoms with E-state index in [1.165, 1.54) is 18.4 Å². The van der Waals surface area contributed by atoms with Gasteiger partial charge in [-0.25, -0.2) is 0 Å². The summed E-state index contributed by atoms with van der Waals surface area (Å²) < 4.78 is 0.895. The predicted molar refractivity (Wildman–Crippen MR) is 96.2 cm³/mol. The van der Waals surface area contributed by atoms with Crippen LogP contribution in [0.4, 0.5) is 0 Å². The molecule has 1 amide bonds. The van der Waals surface area contributed by atoms with Gasteiger partial charge in [0.1, 0.15) is 0 Å². The maximum atomic E-state index is 12.6. The number of quaternary nitrogens is 1. The topological polar surface area (TPSA) is 29.1 Å². The number of rotatable bonds is 5. The number of nitrogens with one attached hydrogen (secondary N) is 1. The summed E-state index contributed by atoms with van der Waals surface area (Å²) in [5, 5.41) is 3.29. The minimum atomic E-state index is -0.0926. The Kier molecular flexibility index (Phi) is 8.20. The van der Waals surface area contributed by atoms with Crippen molar-refractivity contribution in [1.29, 1.82) is 0 Å². The number of benzene rings is 1. The first-order valence-electron chi connectivity index (χ1n) is 9.01. The molecule has 24 heavy (non-hydrogen) atoms. The van der Waals surface area contributed by atoms with Crippen molar-refractivity contribution < 1.29 is 33.3 Å². The highest BCUT2D eigenvalue weighted by atomic mass is 127. The quantitative estimate of drug-likeness (QED) is 0.526. The Morgan fingerprint density at radius 2 is 1.79 bits per heavy atom. The Morgan fingerprint density at radius 3 is 2.33 bits per heavy atom. The Morgan fingerprint density at radius 1 is 1.17 bits per heavy atom. The molecule has 2 rings (SSSR count). The van der Waals surface area contributed by atoms with Crippen molar-refractivity contribution in [2.75, 3.05) is 20.6 Å². The zero-order chi connectivity index (χ0) is 17.0. The first kappa shape index (κ1) is 21.4. The summed E-state index contributed by atoms with van der Waals surface area (Å²) in [6.45, 7) is 7.61. The highest BCUT2D eigenvalue weighted by Crippen LogP contribution is 2.22. The van der Waals surface area contributed by atoms with Gasteiger partial charge in [0.05, 0.1) is 26.6 Å². The predicted octanol–water partition coefficient (Wildman–Crippen LogP) is 0.695. The molecule has 1 aliphatic heterocycles. The zero-order valence-electron chi connectivity index (χ0n) is 15.8. The summed E-state index contributed by atoms with van der Waals surface area (Å²) >= 11 is 0. The molecule has 1 aromatic carbocycles. The number of halogens is 1. The average Bonchev–Trinajstić information content (AvgIpc) is 2.48. The van der Waals surface area contributed by atoms with Crippen LogP contribution in [0.3, 0.4) is 0 Å². The molecule has 0 aliphatic carbocycles. The normalized spacial score (nSPS) is 21.0. The Bertz CT molecular complexity index is 525. The second kappa shape index (κ2) is 9.18. The third kappa shape index (κ3) is 5.73. The van der Waals surface area contributed by atoms with Gasteiger partial charge in [-0.3, -0.25) is 4.79 Å². The fourth-order valence-corrected chi connectivity index (χ4v) is 3.46. The van der Waals surface area contributed by atoms with Gasteiger partial charge in [0.15, 0.2) is 6.17 Å². The summed E-state index contributed by atoms with van der Waals surface area (Å²) in [5.74, 6) is 0.720. The first-order valence-corrected chi connectivity index (χ1v) is 9.01. The molecule has 0 radical (unpaired) electrons. The molecule has 1 N–H and O–H groups in total. The van der Waals surface area contributed by atoms with Crippen molar-refractivity contribution in [3.63, 3.8) is 0 Å². The van der Waals surface area contributed by atoms with Crippen molar-refractivity contribution in [3.8, 4) is 0 Å². The summed E-state index contributed by atoms with van der Waals surface area (Å²) in [5.41, 5.74) is 2.46. The molecule has 1 aromatic rings. The fraction of sp³-hybridized carbons (Fsp3) is 0.650. The molecule has 1 heterocycles. The maximum Gasteiger partial charge on any atom is 0.231 e. The second-order valence-corrected chi connectivity index (χ2v) is 8.08. The molecule has 2 atom stereocenters. The van der Waals surface area contributed by atoms with Crippen LogP contribution in [0.25, 0.3) is 0 Å². The summed E-state index contributed by atoms with van der Waals surface area (Å²) in [6, 6.07) is 8.56. The van der Waals surface area contributed by atoms with Crippen LogP contribution in [0.2, 0.25) is 0 Å². The third-order valence-corrected chi connectivity index (χ3v) is 5.13. The number of carbonyl (C=O) groups is 1. The van der Waals surface area contributed by atoms with Crippen molar-refractivity contribution in [2.45, 2.75) is 58.5 Å². The molecule has 0 unspecified atom stereocenters. The lowest BCUT2D eigenvalue weighted by molar-refractivity contribution is -0.922. The van der Waals surface area contributed by atoms with E-state index < -0.39 is 0 Å². The van der Waals surface area contributed by atoms with Crippen molar-refractivity contribution in [2.24, 2.45) is 5.92 Å². The number of amides is 1. The average molecular weight is 444 g/mol. The second-order valence-electron chi connectivity index (χ2n) is 8.08. The van der Waals surface area contributed by atoms with Crippen LogP contribution in [0.1, 0.15) is 57.1 Å². The molecule has 0 spiro atoms. The fourth-order valence-electron chi connectivity index (χ4n) is 3.46. The molecule has 1 aliphatic rings. The molecule has 0 aromatic heterocycles.